The molecule has 1 fully saturated rings. The highest BCUT2D eigenvalue weighted by atomic mass is 16.5. The summed E-state index contributed by atoms with van der Waals surface area (Å²) >= 11 is 0. The highest BCUT2D eigenvalue weighted by Gasteiger charge is 2.57. The van der Waals surface area contributed by atoms with Crippen LogP contribution in [0.15, 0.2) is 48.7 Å². The monoisotopic (exact) mass is 543 g/mol. The summed E-state index contributed by atoms with van der Waals surface area (Å²) in [6, 6.07) is 9.84. The number of aromatic nitrogens is 1. The van der Waals surface area contributed by atoms with Crippen LogP contribution in [-0.4, -0.2) is 130 Å². The summed E-state index contributed by atoms with van der Waals surface area (Å²) in [4.78, 5) is 31.5. The lowest BCUT2D eigenvalue weighted by Gasteiger charge is -2.63. The van der Waals surface area contributed by atoms with Crippen molar-refractivity contribution < 1.29 is 24.5 Å². The van der Waals surface area contributed by atoms with Crippen molar-refractivity contribution in [2.75, 3.05) is 13.6 Å². The Balaban J connectivity index is 1.46. The highest BCUT2D eigenvalue weighted by Crippen LogP contribution is 2.56. The molecule has 8 nitrogen and oxygen atoms in total. The molecule has 1 saturated heterocycles. The van der Waals surface area contributed by atoms with E-state index in [2.05, 4.69) is 4.98 Å². The molecule has 0 saturated carbocycles. The first-order valence-electron chi connectivity index (χ1n) is 13.1. The number of aromatic amines is 1. The lowest BCUT2D eigenvalue weighted by Crippen LogP contribution is -2.69. The molecule has 2 aliphatic heterocycles. The van der Waals surface area contributed by atoms with Crippen LogP contribution >= 0.6 is 0 Å². The van der Waals surface area contributed by atoms with Gasteiger partial charge in [-0.1, -0.05) is 22.6 Å². The number of nitrogens with one attached hydrogen (secondary N) is 1. The smallest absolute Gasteiger partial charge is 0.260 e. The van der Waals surface area contributed by atoms with Crippen molar-refractivity contribution in [3.8, 4) is 5.75 Å². The summed E-state index contributed by atoms with van der Waals surface area (Å²) in [6.45, 7) is 0.715. The van der Waals surface area contributed by atoms with Gasteiger partial charge in [-0.15, -0.1) is 0 Å². The molecule has 1 aromatic heterocycles. The zero-order chi connectivity index (χ0) is 31.0. The van der Waals surface area contributed by atoms with Crippen LogP contribution in [0.2, 0.25) is 10.4 Å². The Morgan fingerprint density at radius 3 is 2.05 bits per heavy atom. The Hall–Kier alpha value is -2.68. The van der Waals surface area contributed by atoms with E-state index < -0.39 is 44.8 Å². The molecule has 2 amide bonds. The summed E-state index contributed by atoms with van der Waals surface area (Å²) in [6.07, 6.45) is 2.87. The standard InChI is InChI=1S/C26H21B8N3O5/c1-36-10-4-7-19(36)22(40,41)17-12-35-18-9-8-13(11-16(17)18)42-26(33,34)24(29,30)23(27,28)25(31,32)37-20(38)14-5-2-3-6-15(14)21(37)39/h2-3,5-6,8-9,11-12,19,35,40-41H,4,7,10H2,1H3. The molecule has 194 valence electrons. The molecule has 42 heavy (non-hydrogen) atoms. The second-order valence-corrected chi connectivity index (χ2v) is 11.2. The predicted octanol–water partition coefficient (Wildman–Crippen LogP) is -1.04. The lowest BCUT2D eigenvalue weighted by atomic mass is 9.14. The fourth-order valence-corrected chi connectivity index (χ4v) is 5.71. The van der Waals surface area contributed by atoms with Crippen molar-refractivity contribution in [3.63, 3.8) is 0 Å². The molecule has 3 aromatic rings. The van der Waals surface area contributed by atoms with Gasteiger partial charge in [-0.25, -0.2) is 0 Å². The summed E-state index contributed by atoms with van der Waals surface area (Å²) in [7, 11) is 52.1. The first-order chi connectivity index (χ1) is 19.4. The quantitative estimate of drug-likeness (QED) is 0.191. The van der Waals surface area contributed by atoms with Gasteiger partial charge < -0.3 is 19.9 Å². The summed E-state index contributed by atoms with van der Waals surface area (Å²) in [5.74, 6) is -3.98. The van der Waals surface area contributed by atoms with Gasteiger partial charge in [0.25, 0.3) is 11.8 Å². The van der Waals surface area contributed by atoms with Crippen molar-refractivity contribution >= 4 is 85.5 Å². The van der Waals surface area contributed by atoms with E-state index in [0.29, 0.717) is 28.8 Å². The maximum absolute atomic E-state index is 13.1. The fourth-order valence-electron chi connectivity index (χ4n) is 5.71. The minimum atomic E-state index is -2.77. The third kappa shape index (κ3) is 4.36. The number of aliphatic hydroxyl groups is 2. The molecule has 0 aliphatic carbocycles. The first kappa shape index (κ1) is 30.8. The first-order valence-corrected chi connectivity index (χ1v) is 13.1. The molecule has 3 N–H and O–H groups in total. The maximum Gasteiger partial charge on any atom is 0.260 e. The van der Waals surface area contributed by atoms with Gasteiger partial charge in [-0.3, -0.25) is 19.4 Å². The van der Waals surface area contributed by atoms with E-state index in [9.17, 15) is 19.8 Å². The number of rotatable bonds is 8. The van der Waals surface area contributed by atoms with E-state index in [1.807, 2.05) is 11.9 Å². The number of hydrogen-bond donors (Lipinski definition) is 3. The van der Waals surface area contributed by atoms with Crippen molar-refractivity contribution in [2.24, 2.45) is 0 Å². The minimum Gasteiger partial charge on any atom is -0.508 e. The Bertz CT molecular complexity index is 1540. The van der Waals surface area contributed by atoms with Crippen molar-refractivity contribution in [1.29, 1.82) is 0 Å². The molecular formula is C26H21B8N3O5. The zero-order valence-corrected chi connectivity index (χ0v) is 22.9. The largest absolute Gasteiger partial charge is 0.508 e. The fraction of sp³-hybridized carbons (Fsp3) is 0.385. The third-order valence-electron chi connectivity index (χ3n) is 8.48. The van der Waals surface area contributed by atoms with E-state index in [1.165, 1.54) is 30.5 Å². The molecule has 5 rings (SSSR count). The number of likely N-dealkylation sites (tertiary alicyclic amines) is 1. The average Bonchev–Trinajstić information content (AvgIpc) is 3.60. The van der Waals surface area contributed by atoms with E-state index in [0.717, 1.165) is 6.42 Å². The molecule has 1 unspecified atom stereocenters. The number of benzene rings is 2. The number of ether oxygens (including phenoxy) is 1. The average molecular weight is 542 g/mol. The van der Waals surface area contributed by atoms with Crippen molar-refractivity contribution in [3.05, 3.63) is 65.4 Å². The number of nitrogens with zero attached hydrogens (tertiary/aromatic N) is 2. The zero-order valence-electron chi connectivity index (χ0n) is 22.9. The van der Waals surface area contributed by atoms with Crippen LogP contribution in [0.4, 0.5) is 0 Å². The van der Waals surface area contributed by atoms with Gasteiger partial charge in [0.1, 0.15) is 21.4 Å². The minimum absolute atomic E-state index is 0.0135. The predicted molar refractivity (Wildman–Crippen MR) is 165 cm³/mol. The van der Waals surface area contributed by atoms with Crippen LogP contribution < -0.4 is 4.74 Å². The topological polar surface area (TPSA) is 106 Å². The van der Waals surface area contributed by atoms with E-state index in [-0.39, 0.29) is 22.4 Å². The molecule has 1 atom stereocenters. The van der Waals surface area contributed by atoms with Gasteiger partial charge in [0.15, 0.2) is 0 Å². The van der Waals surface area contributed by atoms with Gasteiger partial charge in [0.2, 0.25) is 5.79 Å². The van der Waals surface area contributed by atoms with Crippen molar-refractivity contribution in [2.45, 2.75) is 45.8 Å². The normalized spacial score (nSPS) is 19.0. The molecule has 0 spiro atoms. The highest BCUT2D eigenvalue weighted by molar-refractivity contribution is 6.66. The molecule has 2 aliphatic rings. The number of carbonyl (C=O) groups excluding carboxylic acids is 2. The summed E-state index contributed by atoms with van der Waals surface area (Å²) in [5.41, 5.74) is 0.778. The molecule has 0 bridgehead atoms. The SMILES string of the molecule is [B]C([B])(Oc1ccc2[nH]cc(C(O)(O)C3CCCN3C)c2c1)C([B])([B])C([B])([B])C([B])([B])N1C(=O)c2ccccc2C1=O. The third-order valence-corrected chi connectivity index (χ3v) is 8.48. The number of hydrogen-bond acceptors (Lipinski definition) is 6. The number of imide groups is 1. The van der Waals surface area contributed by atoms with E-state index >= 15 is 0 Å². The molecule has 2 aromatic carbocycles. The van der Waals surface area contributed by atoms with Gasteiger partial charge in [-0.2, -0.15) is 0 Å². The molecule has 3 heterocycles. The Labute approximate surface area is 255 Å². The number of amides is 2. The van der Waals surface area contributed by atoms with Crippen LogP contribution in [0.5, 0.6) is 5.75 Å². The van der Waals surface area contributed by atoms with Crippen LogP contribution in [0.25, 0.3) is 10.9 Å². The Morgan fingerprint density at radius 1 is 0.905 bits per heavy atom. The summed E-state index contributed by atoms with van der Waals surface area (Å²) in [5, 5.41) is 11.8. The lowest BCUT2D eigenvalue weighted by molar-refractivity contribution is -0.206. The van der Waals surface area contributed by atoms with E-state index in [4.69, 9.17) is 67.5 Å². The Kier molecular flexibility index (Phi) is 7.27. The van der Waals surface area contributed by atoms with Crippen LogP contribution in [-0.2, 0) is 5.79 Å². The number of fused-ring (bicyclic) bond motifs is 2. The second kappa shape index (κ2) is 9.93. The molecular weight excluding hydrogens is 521 g/mol. The number of likely N-dealkylation sites (N-methyl/N-ethyl adjacent to an activating group) is 1. The van der Waals surface area contributed by atoms with Gasteiger partial charge >= 0.3 is 0 Å². The van der Waals surface area contributed by atoms with Crippen molar-refractivity contribution in [1.82, 2.24) is 14.8 Å². The summed E-state index contributed by atoms with van der Waals surface area (Å²) < 4.78 is 5.78. The second-order valence-electron chi connectivity index (χ2n) is 11.2. The van der Waals surface area contributed by atoms with Crippen LogP contribution in [0.3, 0.4) is 0 Å². The van der Waals surface area contributed by atoms with Gasteiger partial charge in [-0.05, 0) is 62.1 Å². The Morgan fingerprint density at radius 2 is 1.50 bits per heavy atom. The van der Waals surface area contributed by atoms with E-state index in [1.54, 1.807) is 18.2 Å². The van der Waals surface area contributed by atoms with Gasteiger partial charge in [0.05, 0.1) is 64.2 Å². The molecule has 16 radical (unpaired) electrons. The molecule has 16 heteroatoms. The van der Waals surface area contributed by atoms with Gasteiger partial charge in [0, 0.05) is 28.1 Å². The van der Waals surface area contributed by atoms with Crippen LogP contribution in [0.1, 0.15) is 39.1 Å². The number of H-pyrrole nitrogens is 1. The van der Waals surface area contributed by atoms with Crippen LogP contribution in [0, 0.1) is 0 Å². The number of carbonyl (C=O) groups is 2. The maximum atomic E-state index is 13.1.